The highest BCUT2D eigenvalue weighted by molar-refractivity contribution is 7.11. The van der Waals surface area contributed by atoms with Crippen LogP contribution >= 0.6 is 11.3 Å². The molecule has 0 spiro atoms. The van der Waals surface area contributed by atoms with Crippen LogP contribution in [0.25, 0.3) is 0 Å². The number of rotatable bonds is 11. The van der Waals surface area contributed by atoms with E-state index in [0.717, 1.165) is 19.1 Å². The molecule has 0 radical (unpaired) electrons. The normalized spacial score (nSPS) is 15.2. The first-order valence-corrected chi connectivity index (χ1v) is 9.16. The van der Waals surface area contributed by atoms with Gasteiger partial charge in [0, 0.05) is 28.9 Å². The highest BCUT2D eigenvalue weighted by Crippen LogP contribution is 2.22. The van der Waals surface area contributed by atoms with Crippen molar-refractivity contribution in [3.05, 3.63) is 21.9 Å². The van der Waals surface area contributed by atoms with Crippen molar-refractivity contribution >= 4 is 11.3 Å². The lowest BCUT2D eigenvalue weighted by Crippen LogP contribution is -2.25. The minimum atomic E-state index is 0.811. The van der Waals surface area contributed by atoms with Crippen LogP contribution in [0.15, 0.2) is 12.1 Å². The van der Waals surface area contributed by atoms with Crippen LogP contribution in [-0.4, -0.2) is 24.0 Å². The molecule has 1 aromatic heterocycles. The summed E-state index contributed by atoms with van der Waals surface area (Å²) >= 11 is 1.99. The fraction of sp³-hybridized carbons (Fsp3) is 0.765. The average molecular weight is 295 g/mol. The minimum Gasteiger partial charge on any atom is -0.309 e. The molecular formula is C17H30N2S. The van der Waals surface area contributed by atoms with Crippen molar-refractivity contribution in [3.63, 3.8) is 0 Å². The molecule has 1 heterocycles. The molecular weight excluding hydrogens is 264 g/mol. The van der Waals surface area contributed by atoms with E-state index in [9.17, 15) is 0 Å². The number of nitrogens with zero attached hydrogens (tertiary/aromatic N) is 1. The molecule has 1 N–H and O–H groups in total. The monoisotopic (exact) mass is 294 g/mol. The minimum absolute atomic E-state index is 0.811. The lowest BCUT2D eigenvalue weighted by molar-refractivity contribution is 0.259. The van der Waals surface area contributed by atoms with Gasteiger partial charge in [-0.05, 0) is 50.9 Å². The third-order valence-corrected chi connectivity index (χ3v) is 4.96. The Morgan fingerprint density at radius 3 is 2.35 bits per heavy atom. The van der Waals surface area contributed by atoms with Gasteiger partial charge in [0.2, 0.25) is 0 Å². The molecule has 2 nitrogen and oxygen atoms in total. The van der Waals surface area contributed by atoms with Crippen molar-refractivity contribution in [1.82, 2.24) is 10.2 Å². The second-order valence-corrected chi connectivity index (χ2v) is 7.26. The van der Waals surface area contributed by atoms with Gasteiger partial charge in [-0.1, -0.05) is 26.7 Å². The lowest BCUT2D eigenvalue weighted by atomic mass is 10.2. The molecule has 3 heteroatoms. The van der Waals surface area contributed by atoms with Gasteiger partial charge in [-0.15, -0.1) is 11.3 Å². The standard InChI is InChI=1S/C17H30N2S/c1-3-5-11-19(12-6-4-2)14-17-10-9-16(20-17)13-18-15-7-8-15/h9-10,15,18H,3-8,11-14H2,1-2H3. The van der Waals surface area contributed by atoms with E-state index in [2.05, 4.69) is 36.2 Å². The van der Waals surface area contributed by atoms with Gasteiger partial charge in [0.05, 0.1) is 0 Å². The van der Waals surface area contributed by atoms with E-state index in [0.29, 0.717) is 0 Å². The molecule has 0 unspecified atom stereocenters. The average Bonchev–Trinajstić information content (AvgIpc) is 3.19. The van der Waals surface area contributed by atoms with E-state index >= 15 is 0 Å². The molecule has 0 atom stereocenters. The Hall–Kier alpha value is -0.380. The Kier molecular flexibility index (Phi) is 7.05. The predicted octanol–water partition coefficient (Wildman–Crippen LogP) is 4.40. The van der Waals surface area contributed by atoms with E-state index in [-0.39, 0.29) is 0 Å². The van der Waals surface area contributed by atoms with Crippen LogP contribution in [0.3, 0.4) is 0 Å². The van der Waals surface area contributed by atoms with E-state index in [1.165, 1.54) is 61.4 Å². The van der Waals surface area contributed by atoms with Gasteiger partial charge < -0.3 is 5.32 Å². The zero-order valence-corrected chi connectivity index (χ0v) is 14.0. The summed E-state index contributed by atoms with van der Waals surface area (Å²) in [5.74, 6) is 0. The molecule has 1 aliphatic carbocycles. The molecule has 1 aromatic rings. The third-order valence-electron chi connectivity index (χ3n) is 3.89. The van der Waals surface area contributed by atoms with Gasteiger partial charge in [0.15, 0.2) is 0 Å². The Morgan fingerprint density at radius 2 is 1.75 bits per heavy atom. The first-order chi connectivity index (χ1) is 9.81. The third kappa shape index (κ3) is 5.94. The second-order valence-electron chi connectivity index (χ2n) is 6.01. The molecule has 114 valence electrons. The zero-order valence-electron chi connectivity index (χ0n) is 13.2. The summed E-state index contributed by atoms with van der Waals surface area (Å²) < 4.78 is 0. The van der Waals surface area contributed by atoms with Crippen molar-refractivity contribution in [2.24, 2.45) is 0 Å². The number of hydrogen-bond acceptors (Lipinski definition) is 3. The summed E-state index contributed by atoms with van der Waals surface area (Å²) in [5.41, 5.74) is 0. The summed E-state index contributed by atoms with van der Waals surface area (Å²) in [5, 5.41) is 3.60. The molecule has 0 aliphatic heterocycles. The summed E-state index contributed by atoms with van der Waals surface area (Å²) in [7, 11) is 0. The molecule has 2 rings (SSSR count). The van der Waals surface area contributed by atoms with Crippen LogP contribution in [-0.2, 0) is 13.1 Å². The smallest absolute Gasteiger partial charge is 0.0328 e. The Morgan fingerprint density at radius 1 is 1.10 bits per heavy atom. The highest BCUT2D eigenvalue weighted by Gasteiger charge is 2.20. The van der Waals surface area contributed by atoms with E-state index in [1.807, 2.05) is 11.3 Å². The van der Waals surface area contributed by atoms with Crippen molar-refractivity contribution in [2.75, 3.05) is 13.1 Å². The number of nitrogens with one attached hydrogen (secondary N) is 1. The molecule has 20 heavy (non-hydrogen) atoms. The maximum Gasteiger partial charge on any atom is 0.0328 e. The Labute approximate surface area is 128 Å². The summed E-state index contributed by atoms with van der Waals surface area (Å²) in [4.78, 5) is 5.67. The molecule has 0 amide bonds. The largest absolute Gasteiger partial charge is 0.309 e. The van der Waals surface area contributed by atoms with Gasteiger partial charge in [-0.2, -0.15) is 0 Å². The fourth-order valence-electron chi connectivity index (χ4n) is 2.39. The quantitative estimate of drug-likeness (QED) is 0.650. The first-order valence-electron chi connectivity index (χ1n) is 8.35. The van der Waals surface area contributed by atoms with Gasteiger partial charge in [-0.25, -0.2) is 0 Å². The maximum absolute atomic E-state index is 3.60. The van der Waals surface area contributed by atoms with Gasteiger partial charge >= 0.3 is 0 Å². The van der Waals surface area contributed by atoms with Crippen molar-refractivity contribution in [3.8, 4) is 0 Å². The molecule has 1 aliphatic rings. The number of hydrogen-bond donors (Lipinski definition) is 1. The zero-order chi connectivity index (χ0) is 14.2. The van der Waals surface area contributed by atoms with E-state index < -0.39 is 0 Å². The van der Waals surface area contributed by atoms with Crippen molar-refractivity contribution < 1.29 is 0 Å². The van der Waals surface area contributed by atoms with Crippen LogP contribution in [0.2, 0.25) is 0 Å². The van der Waals surface area contributed by atoms with Crippen LogP contribution in [0, 0.1) is 0 Å². The fourth-order valence-corrected chi connectivity index (χ4v) is 3.40. The predicted molar refractivity (Wildman–Crippen MR) is 89.3 cm³/mol. The van der Waals surface area contributed by atoms with Crippen LogP contribution < -0.4 is 5.32 Å². The van der Waals surface area contributed by atoms with Crippen LogP contribution in [0.4, 0.5) is 0 Å². The topological polar surface area (TPSA) is 15.3 Å². The summed E-state index contributed by atoms with van der Waals surface area (Å²) in [6.07, 6.45) is 7.99. The maximum atomic E-state index is 3.60. The first kappa shape index (κ1) is 16.0. The Balaban J connectivity index is 1.77. The second kappa shape index (κ2) is 8.81. The highest BCUT2D eigenvalue weighted by atomic mass is 32.1. The van der Waals surface area contributed by atoms with Gasteiger partial charge in [0.25, 0.3) is 0 Å². The van der Waals surface area contributed by atoms with Crippen LogP contribution in [0.1, 0.15) is 62.1 Å². The number of unbranched alkanes of at least 4 members (excludes halogenated alkanes) is 2. The lowest BCUT2D eigenvalue weighted by Gasteiger charge is -2.21. The molecule has 0 saturated heterocycles. The molecule has 1 fully saturated rings. The molecule has 0 aromatic carbocycles. The molecule has 0 bridgehead atoms. The van der Waals surface area contributed by atoms with Gasteiger partial charge in [-0.3, -0.25) is 4.90 Å². The van der Waals surface area contributed by atoms with E-state index in [4.69, 9.17) is 0 Å². The Bertz CT molecular complexity index is 363. The number of thiophene rings is 1. The summed E-state index contributed by atoms with van der Waals surface area (Å²) in [6, 6.07) is 5.46. The van der Waals surface area contributed by atoms with Crippen molar-refractivity contribution in [2.45, 2.75) is 71.5 Å². The molecule has 1 saturated carbocycles. The van der Waals surface area contributed by atoms with Crippen LogP contribution in [0.5, 0.6) is 0 Å². The van der Waals surface area contributed by atoms with E-state index in [1.54, 1.807) is 0 Å². The van der Waals surface area contributed by atoms with Crippen molar-refractivity contribution in [1.29, 1.82) is 0 Å². The summed E-state index contributed by atoms with van der Waals surface area (Å²) in [6.45, 7) is 9.29. The van der Waals surface area contributed by atoms with Gasteiger partial charge in [0.1, 0.15) is 0 Å². The SMILES string of the molecule is CCCCN(CCCC)Cc1ccc(CNC2CC2)s1.